The Bertz CT molecular complexity index is 743. The summed E-state index contributed by atoms with van der Waals surface area (Å²) in [5.41, 5.74) is 1.21. The highest BCUT2D eigenvalue weighted by Gasteiger charge is 2.20. The average molecular weight is 333 g/mol. The highest BCUT2D eigenvalue weighted by Crippen LogP contribution is 2.27. The zero-order valence-corrected chi connectivity index (χ0v) is 13.6. The van der Waals surface area contributed by atoms with E-state index >= 15 is 0 Å². The van der Waals surface area contributed by atoms with Gasteiger partial charge in [0, 0.05) is 31.4 Å². The molecule has 1 unspecified atom stereocenters. The van der Waals surface area contributed by atoms with Crippen molar-refractivity contribution >= 4 is 11.6 Å². The molecule has 1 atom stereocenters. The van der Waals surface area contributed by atoms with Gasteiger partial charge in [0.1, 0.15) is 6.04 Å². The van der Waals surface area contributed by atoms with E-state index in [1.54, 1.807) is 37.2 Å². The quantitative estimate of drug-likeness (QED) is 0.575. The van der Waals surface area contributed by atoms with E-state index in [0.29, 0.717) is 5.56 Å². The van der Waals surface area contributed by atoms with Gasteiger partial charge in [-0.1, -0.05) is 6.07 Å². The van der Waals surface area contributed by atoms with Crippen LogP contribution < -0.4 is 15.4 Å². The van der Waals surface area contributed by atoms with Crippen molar-refractivity contribution in [2.24, 2.45) is 7.05 Å². The summed E-state index contributed by atoms with van der Waals surface area (Å²) in [4.78, 5) is 22.8. The lowest BCUT2D eigenvalue weighted by Crippen LogP contribution is -2.35. The smallest absolute Gasteiger partial charge is 0.311 e. The Kier molecular flexibility index (Phi) is 5.48. The number of hydrogen-bond acceptors (Lipinski definition) is 6. The van der Waals surface area contributed by atoms with Gasteiger partial charge in [-0.3, -0.25) is 19.6 Å². The number of nitro groups is 1. The summed E-state index contributed by atoms with van der Waals surface area (Å²) in [6.45, 7) is 0.169. The maximum absolute atomic E-state index is 12.3. The van der Waals surface area contributed by atoms with Crippen LogP contribution in [0, 0.1) is 10.1 Å². The molecule has 1 heterocycles. The van der Waals surface area contributed by atoms with Gasteiger partial charge in [0.05, 0.1) is 18.2 Å². The molecule has 0 aliphatic heterocycles. The SMILES string of the molecule is CNC(C(=O)NCc1ccc(OC)c([N+](=O)[O-])c1)c1cnn(C)c1. The van der Waals surface area contributed by atoms with Crippen LogP contribution >= 0.6 is 0 Å². The molecule has 0 aliphatic rings. The van der Waals surface area contributed by atoms with E-state index in [-0.39, 0.29) is 23.9 Å². The molecule has 0 saturated heterocycles. The molecule has 2 N–H and O–H groups in total. The molecule has 1 aromatic carbocycles. The van der Waals surface area contributed by atoms with Gasteiger partial charge in [0.25, 0.3) is 0 Å². The lowest BCUT2D eigenvalue weighted by atomic mass is 10.1. The highest BCUT2D eigenvalue weighted by atomic mass is 16.6. The first kappa shape index (κ1) is 17.4. The summed E-state index contributed by atoms with van der Waals surface area (Å²) in [5.74, 6) is -0.0671. The lowest BCUT2D eigenvalue weighted by molar-refractivity contribution is -0.385. The van der Waals surface area contributed by atoms with E-state index in [2.05, 4.69) is 15.7 Å². The maximum atomic E-state index is 12.3. The number of amides is 1. The third kappa shape index (κ3) is 3.87. The number of methoxy groups -OCH3 is 1. The van der Waals surface area contributed by atoms with E-state index in [9.17, 15) is 14.9 Å². The van der Waals surface area contributed by atoms with Crippen molar-refractivity contribution in [1.82, 2.24) is 20.4 Å². The molecule has 2 rings (SSSR count). The summed E-state index contributed by atoms with van der Waals surface area (Å²) in [7, 11) is 4.81. The number of likely N-dealkylation sites (N-methyl/N-ethyl adjacent to an activating group) is 1. The van der Waals surface area contributed by atoms with Gasteiger partial charge >= 0.3 is 5.69 Å². The van der Waals surface area contributed by atoms with Crippen molar-refractivity contribution in [1.29, 1.82) is 0 Å². The fraction of sp³-hybridized carbons (Fsp3) is 0.333. The highest BCUT2D eigenvalue weighted by molar-refractivity contribution is 5.83. The molecule has 0 bridgehead atoms. The van der Waals surface area contributed by atoms with Gasteiger partial charge in [-0.15, -0.1) is 0 Å². The Hall–Kier alpha value is -2.94. The van der Waals surface area contributed by atoms with Gasteiger partial charge in [0.15, 0.2) is 5.75 Å². The normalized spacial score (nSPS) is 11.8. The fourth-order valence-corrected chi connectivity index (χ4v) is 2.32. The first-order valence-electron chi connectivity index (χ1n) is 7.21. The minimum atomic E-state index is -0.549. The maximum Gasteiger partial charge on any atom is 0.311 e. The second-order valence-corrected chi connectivity index (χ2v) is 5.15. The lowest BCUT2D eigenvalue weighted by Gasteiger charge is -2.14. The summed E-state index contributed by atoms with van der Waals surface area (Å²) in [6.07, 6.45) is 3.36. The first-order chi connectivity index (χ1) is 11.5. The standard InChI is InChI=1S/C15H19N5O4/c1-16-14(11-8-18-19(2)9-11)15(21)17-7-10-4-5-13(24-3)12(6-10)20(22)23/h4-6,8-9,14,16H,7H2,1-3H3,(H,17,21). The van der Waals surface area contributed by atoms with Gasteiger partial charge in [0.2, 0.25) is 5.91 Å². The molecular formula is C15H19N5O4. The molecule has 0 fully saturated rings. The number of nitrogens with one attached hydrogen (secondary N) is 2. The zero-order valence-electron chi connectivity index (χ0n) is 13.6. The first-order valence-corrected chi connectivity index (χ1v) is 7.21. The summed E-state index contributed by atoms with van der Waals surface area (Å²) in [6, 6.07) is 4.02. The molecule has 1 amide bonds. The number of ether oxygens (including phenoxy) is 1. The van der Waals surface area contributed by atoms with Gasteiger partial charge in [-0.25, -0.2) is 0 Å². The van der Waals surface area contributed by atoms with Crippen LogP contribution in [0.4, 0.5) is 5.69 Å². The predicted octanol–water partition coefficient (Wildman–Crippen LogP) is 0.914. The Labute approximate surface area is 138 Å². The Morgan fingerprint density at radius 2 is 2.25 bits per heavy atom. The monoisotopic (exact) mass is 333 g/mol. The van der Waals surface area contributed by atoms with Crippen LogP contribution in [0.1, 0.15) is 17.2 Å². The van der Waals surface area contributed by atoms with Crippen LogP contribution in [0.25, 0.3) is 0 Å². The van der Waals surface area contributed by atoms with Crippen LogP contribution in [-0.2, 0) is 18.4 Å². The van der Waals surface area contributed by atoms with Gasteiger partial charge < -0.3 is 15.4 Å². The minimum absolute atomic E-state index is 0.137. The molecule has 9 nitrogen and oxygen atoms in total. The average Bonchev–Trinajstić information content (AvgIpc) is 2.99. The zero-order chi connectivity index (χ0) is 17.7. The number of rotatable bonds is 7. The second-order valence-electron chi connectivity index (χ2n) is 5.15. The summed E-state index contributed by atoms with van der Waals surface area (Å²) in [5, 5.41) is 20.8. The van der Waals surface area contributed by atoms with E-state index in [4.69, 9.17) is 4.74 Å². The van der Waals surface area contributed by atoms with Crippen molar-refractivity contribution in [2.45, 2.75) is 12.6 Å². The summed E-state index contributed by atoms with van der Waals surface area (Å²) < 4.78 is 6.57. The number of nitrogens with zero attached hydrogens (tertiary/aromatic N) is 3. The molecule has 2 aromatic rings. The fourth-order valence-electron chi connectivity index (χ4n) is 2.32. The summed E-state index contributed by atoms with van der Waals surface area (Å²) >= 11 is 0. The molecule has 128 valence electrons. The van der Waals surface area contributed by atoms with Gasteiger partial charge in [-0.05, 0) is 18.7 Å². The molecule has 0 spiro atoms. The molecule has 24 heavy (non-hydrogen) atoms. The van der Waals surface area contributed by atoms with Crippen LogP contribution in [0.3, 0.4) is 0 Å². The topological polar surface area (TPSA) is 111 Å². The third-order valence-electron chi connectivity index (χ3n) is 3.52. The number of carbonyl (C=O) groups is 1. The molecule has 1 aromatic heterocycles. The molecular weight excluding hydrogens is 314 g/mol. The minimum Gasteiger partial charge on any atom is -0.490 e. The van der Waals surface area contributed by atoms with E-state index in [1.165, 1.54) is 19.2 Å². The van der Waals surface area contributed by atoms with Crippen LogP contribution in [0.15, 0.2) is 30.6 Å². The van der Waals surface area contributed by atoms with Crippen molar-refractivity contribution in [3.8, 4) is 5.75 Å². The molecule has 0 radical (unpaired) electrons. The Morgan fingerprint density at radius 3 is 2.79 bits per heavy atom. The second kappa shape index (κ2) is 7.55. The van der Waals surface area contributed by atoms with E-state index < -0.39 is 11.0 Å². The molecule has 9 heteroatoms. The number of hydrogen-bond donors (Lipinski definition) is 2. The van der Waals surface area contributed by atoms with E-state index in [1.807, 2.05) is 0 Å². The van der Waals surface area contributed by atoms with Crippen molar-refractivity contribution in [3.05, 3.63) is 51.8 Å². The molecule has 0 saturated carbocycles. The van der Waals surface area contributed by atoms with Crippen molar-refractivity contribution < 1.29 is 14.5 Å². The molecule has 0 aliphatic carbocycles. The van der Waals surface area contributed by atoms with Gasteiger partial charge in [-0.2, -0.15) is 5.10 Å². The van der Waals surface area contributed by atoms with Crippen molar-refractivity contribution in [3.63, 3.8) is 0 Å². The van der Waals surface area contributed by atoms with E-state index in [0.717, 1.165) is 5.56 Å². The third-order valence-corrected chi connectivity index (χ3v) is 3.52. The number of aromatic nitrogens is 2. The number of carbonyl (C=O) groups excluding carboxylic acids is 1. The van der Waals surface area contributed by atoms with Crippen molar-refractivity contribution in [2.75, 3.05) is 14.2 Å². The largest absolute Gasteiger partial charge is 0.490 e. The predicted molar refractivity (Wildman–Crippen MR) is 86.5 cm³/mol. The Balaban J connectivity index is 2.08. The Morgan fingerprint density at radius 1 is 1.50 bits per heavy atom. The number of aryl methyl sites for hydroxylation is 1. The number of benzene rings is 1. The van der Waals surface area contributed by atoms with Crippen LogP contribution in [-0.4, -0.2) is 34.8 Å². The van der Waals surface area contributed by atoms with Crippen LogP contribution in [0.2, 0.25) is 0 Å². The number of nitro benzene ring substituents is 1. The van der Waals surface area contributed by atoms with Crippen LogP contribution in [0.5, 0.6) is 5.75 Å².